The number of pyridine rings is 1. The van der Waals surface area contributed by atoms with Crippen molar-refractivity contribution < 1.29 is 19.5 Å². The summed E-state index contributed by atoms with van der Waals surface area (Å²) in [5.41, 5.74) is 6.49. The Bertz CT molecular complexity index is 1100. The van der Waals surface area contributed by atoms with Crippen LogP contribution in [0, 0.1) is 5.92 Å². The SMILES string of the molecule is CCc1cc(Cc2ccc(C(=O)N[C@@H]3COC[C@@H]3C(=O)NO)cc2)c2ccccc2n1. The summed E-state index contributed by atoms with van der Waals surface area (Å²) in [5.74, 6) is -1.45. The van der Waals surface area contributed by atoms with Crippen LogP contribution < -0.4 is 10.8 Å². The zero-order chi connectivity index (χ0) is 21.8. The maximum Gasteiger partial charge on any atom is 0.251 e. The molecule has 0 radical (unpaired) electrons. The lowest BCUT2D eigenvalue weighted by Crippen LogP contribution is -2.45. The third kappa shape index (κ3) is 4.57. The molecule has 4 rings (SSSR count). The van der Waals surface area contributed by atoms with Gasteiger partial charge in [-0.25, -0.2) is 5.48 Å². The summed E-state index contributed by atoms with van der Waals surface area (Å²) < 4.78 is 5.28. The van der Waals surface area contributed by atoms with Crippen molar-refractivity contribution in [1.82, 2.24) is 15.8 Å². The van der Waals surface area contributed by atoms with E-state index in [9.17, 15) is 9.59 Å². The average molecular weight is 419 g/mol. The van der Waals surface area contributed by atoms with Gasteiger partial charge in [-0.2, -0.15) is 0 Å². The summed E-state index contributed by atoms with van der Waals surface area (Å²) in [5, 5.41) is 12.8. The molecule has 3 aromatic rings. The largest absolute Gasteiger partial charge is 0.378 e. The van der Waals surface area contributed by atoms with E-state index in [-0.39, 0.29) is 19.1 Å². The highest BCUT2D eigenvalue weighted by atomic mass is 16.5. The highest BCUT2D eigenvalue weighted by molar-refractivity contribution is 5.95. The van der Waals surface area contributed by atoms with E-state index in [1.54, 1.807) is 17.6 Å². The fourth-order valence-corrected chi connectivity index (χ4v) is 3.92. The Hall–Kier alpha value is -3.29. The number of para-hydroxylation sites is 1. The van der Waals surface area contributed by atoms with Crippen LogP contribution in [-0.2, 0) is 22.4 Å². The number of amides is 2. The van der Waals surface area contributed by atoms with Gasteiger partial charge in [-0.1, -0.05) is 37.3 Å². The summed E-state index contributed by atoms with van der Waals surface area (Å²) in [4.78, 5) is 29.0. The van der Waals surface area contributed by atoms with E-state index in [2.05, 4.69) is 24.4 Å². The highest BCUT2D eigenvalue weighted by Crippen LogP contribution is 2.22. The zero-order valence-electron chi connectivity index (χ0n) is 17.3. The van der Waals surface area contributed by atoms with Crippen molar-refractivity contribution in [1.29, 1.82) is 0 Å². The zero-order valence-corrected chi connectivity index (χ0v) is 17.3. The molecule has 2 aromatic carbocycles. The normalized spacial score (nSPS) is 18.1. The number of hydroxylamine groups is 1. The van der Waals surface area contributed by atoms with Gasteiger partial charge in [-0.3, -0.25) is 19.8 Å². The van der Waals surface area contributed by atoms with E-state index >= 15 is 0 Å². The number of nitrogens with zero attached hydrogens (tertiary/aromatic N) is 1. The average Bonchev–Trinajstić information content (AvgIpc) is 3.27. The van der Waals surface area contributed by atoms with Crippen molar-refractivity contribution in [2.75, 3.05) is 13.2 Å². The van der Waals surface area contributed by atoms with Gasteiger partial charge in [0.15, 0.2) is 0 Å². The van der Waals surface area contributed by atoms with Crippen LogP contribution in [-0.4, -0.2) is 41.3 Å². The second-order valence-corrected chi connectivity index (χ2v) is 7.72. The maximum absolute atomic E-state index is 12.6. The minimum Gasteiger partial charge on any atom is -0.378 e. The van der Waals surface area contributed by atoms with E-state index < -0.39 is 17.9 Å². The number of aryl methyl sites for hydroxylation is 1. The van der Waals surface area contributed by atoms with E-state index in [1.165, 1.54) is 5.56 Å². The molecule has 7 heteroatoms. The van der Waals surface area contributed by atoms with Crippen LogP contribution in [0.25, 0.3) is 10.9 Å². The summed E-state index contributed by atoms with van der Waals surface area (Å²) >= 11 is 0. The van der Waals surface area contributed by atoms with E-state index in [1.807, 2.05) is 30.3 Å². The summed E-state index contributed by atoms with van der Waals surface area (Å²) in [6, 6.07) is 17.3. The van der Waals surface area contributed by atoms with Gasteiger partial charge in [0, 0.05) is 16.6 Å². The first-order valence-electron chi connectivity index (χ1n) is 10.4. The lowest BCUT2D eigenvalue weighted by molar-refractivity contribution is -0.133. The number of aromatic nitrogens is 1. The van der Waals surface area contributed by atoms with Gasteiger partial charge in [0.1, 0.15) is 0 Å². The predicted octanol–water partition coefficient (Wildman–Crippen LogP) is 2.64. The first kappa shape index (κ1) is 21.0. The fourth-order valence-electron chi connectivity index (χ4n) is 3.92. The topological polar surface area (TPSA) is 101 Å². The van der Waals surface area contributed by atoms with Crippen LogP contribution in [0.2, 0.25) is 0 Å². The first-order chi connectivity index (χ1) is 15.1. The molecule has 1 aliphatic rings. The van der Waals surface area contributed by atoms with E-state index in [0.29, 0.717) is 5.56 Å². The van der Waals surface area contributed by atoms with Crippen LogP contribution in [0.1, 0.15) is 34.1 Å². The first-order valence-corrected chi connectivity index (χ1v) is 10.4. The van der Waals surface area contributed by atoms with Gasteiger partial charge in [-0.05, 0) is 48.2 Å². The number of ether oxygens (including phenoxy) is 1. The summed E-state index contributed by atoms with van der Waals surface area (Å²) in [6.45, 7) is 2.49. The number of hydrogen-bond acceptors (Lipinski definition) is 5. The Morgan fingerprint density at radius 3 is 2.65 bits per heavy atom. The second-order valence-electron chi connectivity index (χ2n) is 7.72. The monoisotopic (exact) mass is 419 g/mol. The minimum atomic E-state index is -0.610. The number of carbonyl (C=O) groups is 2. The number of nitrogens with one attached hydrogen (secondary N) is 2. The van der Waals surface area contributed by atoms with Crippen LogP contribution in [0.5, 0.6) is 0 Å². The molecule has 160 valence electrons. The highest BCUT2D eigenvalue weighted by Gasteiger charge is 2.35. The van der Waals surface area contributed by atoms with Crippen molar-refractivity contribution >= 4 is 22.7 Å². The smallest absolute Gasteiger partial charge is 0.251 e. The molecule has 2 atom stereocenters. The van der Waals surface area contributed by atoms with Gasteiger partial charge >= 0.3 is 0 Å². The molecular weight excluding hydrogens is 394 g/mol. The molecule has 0 saturated carbocycles. The molecule has 3 N–H and O–H groups in total. The maximum atomic E-state index is 12.6. The third-order valence-electron chi connectivity index (χ3n) is 5.67. The number of rotatable bonds is 6. The van der Waals surface area contributed by atoms with Gasteiger partial charge in [0.2, 0.25) is 0 Å². The Kier molecular flexibility index (Phi) is 6.25. The predicted molar refractivity (Wildman–Crippen MR) is 116 cm³/mol. The Balaban J connectivity index is 1.48. The summed E-state index contributed by atoms with van der Waals surface area (Å²) in [7, 11) is 0. The number of hydrogen-bond donors (Lipinski definition) is 3. The molecule has 7 nitrogen and oxygen atoms in total. The molecule has 1 saturated heterocycles. The molecule has 0 aliphatic carbocycles. The van der Waals surface area contributed by atoms with Crippen molar-refractivity contribution in [3.8, 4) is 0 Å². The fraction of sp³-hybridized carbons (Fsp3) is 0.292. The van der Waals surface area contributed by atoms with Crippen molar-refractivity contribution in [2.24, 2.45) is 5.92 Å². The van der Waals surface area contributed by atoms with Crippen LogP contribution in [0.3, 0.4) is 0 Å². The van der Waals surface area contributed by atoms with Gasteiger partial charge in [0.25, 0.3) is 11.8 Å². The van der Waals surface area contributed by atoms with Crippen molar-refractivity contribution in [2.45, 2.75) is 25.8 Å². The van der Waals surface area contributed by atoms with Crippen molar-refractivity contribution in [3.05, 3.63) is 77.0 Å². The number of carbonyl (C=O) groups excluding carboxylic acids is 2. The van der Waals surface area contributed by atoms with Gasteiger partial charge in [-0.15, -0.1) is 0 Å². The molecule has 1 aromatic heterocycles. The van der Waals surface area contributed by atoms with Crippen LogP contribution in [0.4, 0.5) is 0 Å². The standard InChI is InChI=1S/C24H25N3O4/c1-2-18-12-17(19-5-3-4-6-21(19)25-18)11-15-7-9-16(10-8-15)23(28)26-22-14-31-13-20(22)24(29)27-30/h3-10,12,20,22,30H,2,11,13-14H2,1H3,(H,26,28)(H,27,29)/t20-,22+/m0/s1. The van der Waals surface area contributed by atoms with E-state index in [0.717, 1.165) is 35.0 Å². The molecule has 0 unspecified atom stereocenters. The molecule has 0 bridgehead atoms. The summed E-state index contributed by atoms with van der Waals surface area (Å²) in [6.07, 6.45) is 1.62. The lowest BCUT2D eigenvalue weighted by atomic mass is 9.98. The lowest BCUT2D eigenvalue weighted by Gasteiger charge is -2.17. The second kappa shape index (κ2) is 9.24. The Morgan fingerprint density at radius 1 is 1.13 bits per heavy atom. The quantitative estimate of drug-likeness (QED) is 0.421. The minimum absolute atomic E-state index is 0.163. The molecule has 1 aliphatic heterocycles. The Morgan fingerprint density at radius 2 is 1.90 bits per heavy atom. The molecule has 2 heterocycles. The van der Waals surface area contributed by atoms with Crippen LogP contribution >= 0.6 is 0 Å². The Labute approximate surface area is 180 Å². The molecule has 31 heavy (non-hydrogen) atoms. The van der Waals surface area contributed by atoms with Crippen molar-refractivity contribution in [3.63, 3.8) is 0 Å². The number of benzene rings is 2. The van der Waals surface area contributed by atoms with Gasteiger partial charge in [0.05, 0.1) is 30.7 Å². The van der Waals surface area contributed by atoms with Crippen LogP contribution in [0.15, 0.2) is 54.6 Å². The molecule has 2 amide bonds. The van der Waals surface area contributed by atoms with E-state index in [4.69, 9.17) is 14.9 Å². The molecule has 0 spiro atoms. The van der Waals surface area contributed by atoms with Gasteiger partial charge < -0.3 is 10.1 Å². The molecule has 1 fully saturated rings. The molecular formula is C24H25N3O4. The third-order valence-corrected chi connectivity index (χ3v) is 5.67. The number of fused-ring (bicyclic) bond motifs is 1.